The molecular weight excluding hydrogens is 268 g/mol. The maximum absolute atomic E-state index is 12.4. The van der Waals surface area contributed by atoms with E-state index in [1.165, 1.54) is 0 Å². The van der Waals surface area contributed by atoms with E-state index < -0.39 is 11.4 Å². The van der Waals surface area contributed by atoms with Crippen LogP contribution in [0.5, 0.6) is 0 Å². The lowest BCUT2D eigenvalue weighted by molar-refractivity contribution is -0.154. The molecule has 1 amide bonds. The first-order valence-electron chi connectivity index (χ1n) is 7.46. The number of fused-ring (bicyclic) bond motifs is 1. The van der Waals surface area contributed by atoms with Crippen LogP contribution in [0, 0.1) is 5.41 Å². The Morgan fingerprint density at radius 2 is 2.10 bits per heavy atom. The number of nitrogens with one attached hydrogen (secondary N) is 2. The summed E-state index contributed by atoms with van der Waals surface area (Å²) in [6.45, 7) is 1.01. The maximum Gasteiger partial charge on any atom is 0.311 e. The molecule has 1 unspecified atom stereocenters. The number of carbonyl (C=O) groups is 2. The van der Waals surface area contributed by atoms with E-state index in [1.807, 2.05) is 24.3 Å². The third-order valence-corrected chi connectivity index (χ3v) is 4.77. The lowest BCUT2D eigenvalue weighted by Gasteiger charge is -2.38. The molecule has 0 aromatic heterocycles. The van der Waals surface area contributed by atoms with Gasteiger partial charge in [0.2, 0.25) is 5.91 Å². The summed E-state index contributed by atoms with van der Waals surface area (Å²) in [4.78, 5) is 23.8. The van der Waals surface area contributed by atoms with E-state index in [4.69, 9.17) is 0 Å². The van der Waals surface area contributed by atoms with Crippen molar-refractivity contribution in [3.8, 4) is 0 Å². The Labute approximate surface area is 123 Å². The van der Waals surface area contributed by atoms with Crippen LogP contribution in [0.25, 0.3) is 0 Å². The fourth-order valence-electron chi connectivity index (χ4n) is 3.19. The second-order valence-electron chi connectivity index (χ2n) is 6.01. The molecule has 2 aliphatic rings. The SMILES string of the molecule is O=C(NCC1(C(=O)O)CCC1)C1CCNc2ccccc21. The Kier molecular flexibility index (Phi) is 3.57. The molecule has 0 saturated heterocycles. The van der Waals surface area contributed by atoms with Crippen LogP contribution in [0.15, 0.2) is 24.3 Å². The van der Waals surface area contributed by atoms with Gasteiger partial charge in [-0.3, -0.25) is 9.59 Å². The molecule has 0 bridgehead atoms. The van der Waals surface area contributed by atoms with Crippen molar-refractivity contribution < 1.29 is 14.7 Å². The monoisotopic (exact) mass is 288 g/mol. The van der Waals surface area contributed by atoms with Crippen LogP contribution in [-0.4, -0.2) is 30.1 Å². The standard InChI is InChI=1S/C16H20N2O3/c19-14(18-10-16(15(20)21)7-3-8-16)12-6-9-17-13-5-2-1-4-11(12)13/h1-2,4-5,12,17H,3,6-10H2,(H,18,19)(H,20,21). The molecule has 1 saturated carbocycles. The number of aliphatic carboxylic acids is 1. The highest BCUT2D eigenvalue weighted by Crippen LogP contribution is 2.41. The van der Waals surface area contributed by atoms with Gasteiger partial charge in [-0.25, -0.2) is 0 Å². The van der Waals surface area contributed by atoms with Gasteiger partial charge in [0.1, 0.15) is 0 Å². The molecule has 5 heteroatoms. The van der Waals surface area contributed by atoms with Crippen LogP contribution in [0.4, 0.5) is 5.69 Å². The first-order chi connectivity index (χ1) is 10.1. The Bertz CT molecular complexity index is 566. The van der Waals surface area contributed by atoms with Gasteiger partial charge in [-0.1, -0.05) is 24.6 Å². The van der Waals surface area contributed by atoms with E-state index in [2.05, 4.69) is 10.6 Å². The molecule has 1 aliphatic carbocycles. The van der Waals surface area contributed by atoms with E-state index in [9.17, 15) is 14.7 Å². The predicted molar refractivity (Wildman–Crippen MR) is 79.2 cm³/mol. The summed E-state index contributed by atoms with van der Waals surface area (Å²) in [6, 6.07) is 7.80. The molecule has 1 heterocycles. The minimum absolute atomic E-state index is 0.0588. The summed E-state index contributed by atoms with van der Waals surface area (Å²) in [7, 11) is 0. The molecule has 5 nitrogen and oxygen atoms in total. The van der Waals surface area contributed by atoms with Gasteiger partial charge < -0.3 is 15.7 Å². The summed E-state index contributed by atoms with van der Waals surface area (Å²) in [6.07, 6.45) is 2.98. The third kappa shape index (κ3) is 2.48. The van der Waals surface area contributed by atoms with Gasteiger partial charge in [-0.2, -0.15) is 0 Å². The molecule has 3 rings (SSSR count). The molecule has 112 valence electrons. The normalized spacial score (nSPS) is 22.4. The fourth-order valence-corrected chi connectivity index (χ4v) is 3.19. The molecular formula is C16H20N2O3. The van der Waals surface area contributed by atoms with Crippen molar-refractivity contribution in [1.29, 1.82) is 0 Å². The molecule has 21 heavy (non-hydrogen) atoms. The molecule has 1 aromatic carbocycles. The Morgan fingerprint density at radius 1 is 1.33 bits per heavy atom. The van der Waals surface area contributed by atoms with Gasteiger partial charge in [0.25, 0.3) is 0 Å². The lowest BCUT2D eigenvalue weighted by Crippen LogP contribution is -2.48. The largest absolute Gasteiger partial charge is 0.481 e. The minimum Gasteiger partial charge on any atom is -0.481 e. The predicted octanol–water partition coefficient (Wildman–Crippen LogP) is 1.96. The third-order valence-electron chi connectivity index (χ3n) is 4.77. The Morgan fingerprint density at radius 3 is 2.76 bits per heavy atom. The quantitative estimate of drug-likeness (QED) is 0.791. The van der Waals surface area contributed by atoms with Crippen molar-refractivity contribution in [2.75, 3.05) is 18.4 Å². The number of anilines is 1. The molecule has 1 aliphatic heterocycles. The van der Waals surface area contributed by atoms with E-state index >= 15 is 0 Å². The van der Waals surface area contributed by atoms with Crippen molar-refractivity contribution in [2.24, 2.45) is 5.41 Å². The van der Waals surface area contributed by atoms with Crippen LogP contribution in [0.3, 0.4) is 0 Å². The zero-order valence-corrected chi connectivity index (χ0v) is 11.9. The summed E-state index contributed by atoms with van der Waals surface area (Å²) < 4.78 is 0. The minimum atomic E-state index is -0.792. The average Bonchev–Trinajstić information content (AvgIpc) is 2.45. The van der Waals surface area contributed by atoms with Crippen molar-refractivity contribution in [3.63, 3.8) is 0 Å². The van der Waals surface area contributed by atoms with E-state index in [1.54, 1.807) is 0 Å². The number of hydrogen-bond acceptors (Lipinski definition) is 3. The molecule has 1 fully saturated rings. The number of amides is 1. The van der Waals surface area contributed by atoms with E-state index in [0.717, 1.165) is 30.6 Å². The van der Waals surface area contributed by atoms with Crippen LogP contribution in [-0.2, 0) is 9.59 Å². The number of carboxylic acid groups (broad SMARTS) is 1. The van der Waals surface area contributed by atoms with Gasteiger partial charge in [0, 0.05) is 18.8 Å². The molecule has 0 spiro atoms. The van der Waals surface area contributed by atoms with Crippen LogP contribution < -0.4 is 10.6 Å². The number of para-hydroxylation sites is 1. The second-order valence-corrected chi connectivity index (χ2v) is 6.01. The number of rotatable bonds is 4. The van der Waals surface area contributed by atoms with E-state index in [0.29, 0.717) is 12.8 Å². The number of carboxylic acids is 1. The summed E-state index contributed by atoms with van der Waals surface area (Å²) in [5.41, 5.74) is 1.27. The van der Waals surface area contributed by atoms with Crippen molar-refractivity contribution in [2.45, 2.75) is 31.6 Å². The van der Waals surface area contributed by atoms with Crippen LogP contribution in [0.1, 0.15) is 37.2 Å². The summed E-state index contributed by atoms with van der Waals surface area (Å²) in [5.74, 6) is -1.04. The van der Waals surface area contributed by atoms with Crippen LogP contribution >= 0.6 is 0 Å². The zero-order chi connectivity index (χ0) is 14.9. The maximum atomic E-state index is 12.4. The van der Waals surface area contributed by atoms with E-state index in [-0.39, 0.29) is 18.4 Å². The first kappa shape index (κ1) is 13.9. The summed E-state index contributed by atoms with van der Waals surface area (Å²) in [5, 5.41) is 15.5. The van der Waals surface area contributed by atoms with Crippen molar-refractivity contribution in [1.82, 2.24) is 5.32 Å². The second kappa shape index (κ2) is 5.39. The summed E-state index contributed by atoms with van der Waals surface area (Å²) >= 11 is 0. The number of hydrogen-bond donors (Lipinski definition) is 3. The smallest absolute Gasteiger partial charge is 0.311 e. The first-order valence-corrected chi connectivity index (χ1v) is 7.46. The molecule has 1 atom stereocenters. The molecule has 0 radical (unpaired) electrons. The molecule has 3 N–H and O–H groups in total. The molecule has 1 aromatic rings. The Balaban J connectivity index is 1.68. The Hall–Kier alpha value is -2.04. The zero-order valence-electron chi connectivity index (χ0n) is 11.9. The van der Waals surface area contributed by atoms with Crippen molar-refractivity contribution in [3.05, 3.63) is 29.8 Å². The van der Waals surface area contributed by atoms with Gasteiger partial charge in [0.15, 0.2) is 0 Å². The van der Waals surface area contributed by atoms with Gasteiger partial charge in [-0.15, -0.1) is 0 Å². The lowest BCUT2D eigenvalue weighted by atomic mass is 9.68. The number of carbonyl (C=O) groups excluding carboxylic acids is 1. The van der Waals surface area contributed by atoms with Crippen molar-refractivity contribution >= 4 is 17.6 Å². The average molecular weight is 288 g/mol. The topological polar surface area (TPSA) is 78.4 Å². The number of benzene rings is 1. The highest BCUT2D eigenvalue weighted by molar-refractivity contribution is 5.87. The van der Waals surface area contributed by atoms with Crippen LogP contribution in [0.2, 0.25) is 0 Å². The highest BCUT2D eigenvalue weighted by Gasteiger charge is 2.44. The van der Waals surface area contributed by atoms with Gasteiger partial charge >= 0.3 is 5.97 Å². The fraction of sp³-hybridized carbons (Fsp3) is 0.500. The van der Waals surface area contributed by atoms with Gasteiger partial charge in [-0.05, 0) is 30.9 Å². The van der Waals surface area contributed by atoms with Gasteiger partial charge in [0.05, 0.1) is 11.3 Å². The highest BCUT2D eigenvalue weighted by atomic mass is 16.4.